The molecule has 0 amide bonds. The topological polar surface area (TPSA) is 57.2 Å². The highest BCUT2D eigenvalue weighted by molar-refractivity contribution is 5.70. The Morgan fingerprint density at radius 2 is 1.42 bits per heavy atom. The lowest BCUT2D eigenvalue weighted by molar-refractivity contribution is -0.143. The number of unbranched alkanes of at least 4 members (excludes halogenated alkanes) is 3. The van der Waals surface area contributed by atoms with E-state index in [-0.39, 0.29) is 36.7 Å². The van der Waals surface area contributed by atoms with Crippen LogP contribution in [0.1, 0.15) is 71.3 Å². The smallest absolute Gasteiger partial charge is 0.307 e. The van der Waals surface area contributed by atoms with Crippen LogP contribution in [0, 0.1) is 0 Å². The average Bonchev–Trinajstić information content (AvgIpc) is 3.09. The van der Waals surface area contributed by atoms with E-state index in [1.807, 2.05) is 6.07 Å². The third-order valence-corrected chi connectivity index (χ3v) is 6.29. The second-order valence-corrected chi connectivity index (χ2v) is 8.88. The summed E-state index contributed by atoms with van der Waals surface area (Å²) in [6.45, 7) is 9.85. The maximum atomic E-state index is 12.4. The molecule has 1 fully saturated rings. The lowest BCUT2D eigenvalue weighted by Crippen LogP contribution is -2.43. The molecule has 1 aromatic carbocycles. The van der Waals surface area contributed by atoms with Gasteiger partial charge in [-0.15, -0.1) is 0 Å². The second kappa shape index (κ2) is 16.2. The first kappa shape index (κ1) is 27.8. The zero-order valence-electron chi connectivity index (χ0n) is 21.2. The van der Waals surface area contributed by atoms with Crippen LogP contribution < -0.4 is 0 Å². The van der Waals surface area contributed by atoms with Crippen LogP contribution in [0.2, 0.25) is 0 Å². The molecule has 33 heavy (non-hydrogen) atoms. The van der Waals surface area contributed by atoms with Crippen molar-refractivity contribution in [2.75, 3.05) is 33.5 Å². The number of likely N-dealkylation sites (tertiary alicyclic amines) is 1. The van der Waals surface area contributed by atoms with E-state index < -0.39 is 0 Å². The van der Waals surface area contributed by atoms with E-state index in [0.717, 1.165) is 45.1 Å². The van der Waals surface area contributed by atoms with Gasteiger partial charge in [-0.1, -0.05) is 70.4 Å². The fourth-order valence-electron chi connectivity index (χ4n) is 4.36. The first-order valence-electron chi connectivity index (χ1n) is 12.8. The van der Waals surface area contributed by atoms with Crippen LogP contribution in [0.25, 0.3) is 0 Å². The number of hydrogen-bond donors (Lipinski definition) is 0. The Kier molecular flexibility index (Phi) is 13.6. The predicted molar refractivity (Wildman–Crippen MR) is 131 cm³/mol. The third kappa shape index (κ3) is 9.01. The predicted octanol–water partition coefficient (Wildman–Crippen LogP) is 4.99. The molecule has 0 aromatic heterocycles. The molecule has 1 aliphatic rings. The van der Waals surface area contributed by atoms with Gasteiger partial charge in [0.15, 0.2) is 0 Å². The van der Waals surface area contributed by atoms with Crippen molar-refractivity contribution in [3.63, 3.8) is 0 Å². The Balaban J connectivity index is 2.34. The number of carbonyl (C=O) groups is 1. The first-order valence-corrected chi connectivity index (χ1v) is 12.8. The van der Waals surface area contributed by atoms with Gasteiger partial charge >= 0.3 is 5.97 Å². The highest BCUT2D eigenvalue weighted by atomic mass is 16.5. The minimum Gasteiger partial charge on any atom is -0.469 e. The summed E-state index contributed by atoms with van der Waals surface area (Å²) < 4.78 is 24.1. The molecule has 1 saturated heterocycles. The molecule has 0 radical (unpaired) electrons. The van der Waals surface area contributed by atoms with Crippen molar-refractivity contribution in [1.82, 2.24) is 4.90 Å². The first-order chi connectivity index (χ1) is 16.2. The van der Waals surface area contributed by atoms with Gasteiger partial charge in [0.25, 0.3) is 0 Å². The van der Waals surface area contributed by atoms with E-state index in [1.165, 1.54) is 12.7 Å². The molecule has 4 atom stereocenters. The number of ether oxygens (including phenoxy) is 4. The molecule has 2 rings (SSSR count). The van der Waals surface area contributed by atoms with E-state index in [2.05, 4.69) is 49.9 Å². The Morgan fingerprint density at radius 3 is 2.00 bits per heavy atom. The number of nitrogens with zero attached hydrogens (tertiary/aromatic N) is 1. The third-order valence-electron chi connectivity index (χ3n) is 6.29. The van der Waals surface area contributed by atoms with Crippen molar-refractivity contribution in [1.29, 1.82) is 0 Å². The Bertz CT molecular complexity index is 641. The SMILES string of the molecule is CCCCOC[C@@H]1[C@@H](OCCCC)[C@H](OCCCC)C(CC(=O)OC)N1Cc1ccccc1. The highest BCUT2D eigenvalue weighted by Gasteiger charge is 2.51. The van der Waals surface area contributed by atoms with Gasteiger partial charge in [0.05, 0.1) is 26.2 Å². The molecule has 1 aliphatic heterocycles. The van der Waals surface area contributed by atoms with Crippen molar-refractivity contribution in [3.8, 4) is 0 Å². The summed E-state index contributed by atoms with van der Waals surface area (Å²) in [5.74, 6) is -0.220. The molecule has 6 nitrogen and oxygen atoms in total. The Morgan fingerprint density at radius 1 is 0.848 bits per heavy atom. The Labute approximate surface area is 200 Å². The monoisotopic (exact) mass is 463 g/mol. The molecule has 0 spiro atoms. The summed E-state index contributed by atoms with van der Waals surface area (Å²) in [6, 6.07) is 10.3. The van der Waals surface area contributed by atoms with Crippen molar-refractivity contribution in [2.24, 2.45) is 0 Å². The molecule has 0 saturated carbocycles. The van der Waals surface area contributed by atoms with Crippen LogP contribution in [-0.2, 0) is 30.3 Å². The van der Waals surface area contributed by atoms with Gasteiger partial charge in [-0.25, -0.2) is 0 Å². The summed E-state index contributed by atoms with van der Waals surface area (Å²) in [7, 11) is 1.45. The van der Waals surface area contributed by atoms with Gasteiger partial charge in [-0.05, 0) is 24.8 Å². The quantitative estimate of drug-likeness (QED) is 0.240. The van der Waals surface area contributed by atoms with Gasteiger partial charge in [0.2, 0.25) is 0 Å². The van der Waals surface area contributed by atoms with Crippen LogP contribution in [0.3, 0.4) is 0 Å². The van der Waals surface area contributed by atoms with Gasteiger partial charge < -0.3 is 18.9 Å². The molecule has 6 heteroatoms. The minimum absolute atomic E-state index is 0.0141. The maximum absolute atomic E-state index is 12.4. The fraction of sp³-hybridized carbons (Fsp3) is 0.741. The minimum atomic E-state index is -0.220. The standard InChI is InChI=1S/C27H45NO5/c1-5-8-16-31-21-24-27(33-18-10-7-3)26(32-17-9-6-2)23(19-25(29)30-4)28(24)20-22-14-12-11-13-15-22/h11-15,23-24,26-27H,5-10,16-21H2,1-4H3/t23?,24-,26-,27-/m1/s1. The largest absolute Gasteiger partial charge is 0.469 e. The van der Waals surface area contributed by atoms with E-state index >= 15 is 0 Å². The van der Waals surface area contributed by atoms with Gasteiger partial charge in [-0.2, -0.15) is 0 Å². The summed E-state index contributed by atoms with van der Waals surface area (Å²) in [5, 5.41) is 0. The number of hydrogen-bond acceptors (Lipinski definition) is 6. The lowest BCUT2D eigenvalue weighted by Gasteiger charge is -2.31. The molecular weight excluding hydrogens is 418 g/mol. The van der Waals surface area contributed by atoms with Gasteiger partial charge in [0.1, 0.15) is 12.2 Å². The number of benzene rings is 1. The summed E-state index contributed by atoms with van der Waals surface area (Å²) >= 11 is 0. The zero-order valence-corrected chi connectivity index (χ0v) is 21.2. The Hall–Kier alpha value is -1.47. The number of rotatable bonds is 17. The molecule has 1 unspecified atom stereocenters. The molecule has 0 bridgehead atoms. The average molecular weight is 464 g/mol. The second-order valence-electron chi connectivity index (χ2n) is 8.88. The van der Waals surface area contributed by atoms with Crippen LogP contribution in [0.4, 0.5) is 0 Å². The van der Waals surface area contributed by atoms with Gasteiger partial charge in [0, 0.05) is 32.4 Å². The van der Waals surface area contributed by atoms with E-state index in [4.69, 9.17) is 18.9 Å². The fourth-order valence-corrected chi connectivity index (χ4v) is 4.36. The normalized spacial score (nSPS) is 23.2. The van der Waals surface area contributed by atoms with Crippen molar-refractivity contribution >= 4 is 5.97 Å². The molecule has 0 N–H and O–H groups in total. The molecule has 188 valence electrons. The number of esters is 1. The molecule has 1 heterocycles. The van der Waals surface area contributed by atoms with E-state index in [0.29, 0.717) is 26.4 Å². The molecule has 0 aliphatic carbocycles. The van der Waals surface area contributed by atoms with Crippen molar-refractivity contribution < 1.29 is 23.7 Å². The lowest BCUT2D eigenvalue weighted by atomic mass is 10.0. The van der Waals surface area contributed by atoms with Crippen LogP contribution in [-0.4, -0.2) is 68.7 Å². The summed E-state index contributed by atoms with van der Waals surface area (Å²) in [6.07, 6.45) is 6.19. The number of methoxy groups -OCH3 is 1. The van der Waals surface area contributed by atoms with Crippen molar-refractivity contribution in [2.45, 2.75) is 96.6 Å². The number of carbonyl (C=O) groups excluding carboxylic acids is 1. The molecule has 1 aromatic rings. The van der Waals surface area contributed by atoms with Crippen molar-refractivity contribution in [3.05, 3.63) is 35.9 Å². The van der Waals surface area contributed by atoms with E-state index in [1.54, 1.807) is 0 Å². The van der Waals surface area contributed by atoms with Crippen LogP contribution in [0.5, 0.6) is 0 Å². The van der Waals surface area contributed by atoms with Crippen LogP contribution >= 0.6 is 0 Å². The molecular formula is C27H45NO5. The summed E-state index contributed by atoms with van der Waals surface area (Å²) in [5.41, 5.74) is 1.20. The zero-order chi connectivity index (χ0) is 23.9. The maximum Gasteiger partial charge on any atom is 0.307 e. The highest BCUT2D eigenvalue weighted by Crippen LogP contribution is 2.34. The summed E-state index contributed by atoms with van der Waals surface area (Å²) in [4.78, 5) is 14.8. The van der Waals surface area contributed by atoms with Crippen LogP contribution in [0.15, 0.2) is 30.3 Å². The van der Waals surface area contributed by atoms with Gasteiger partial charge in [-0.3, -0.25) is 9.69 Å². The van der Waals surface area contributed by atoms with E-state index in [9.17, 15) is 4.79 Å².